The quantitative estimate of drug-likeness (QED) is 0.574. The van der Waals surface area contributed by atoms with E-state index in [2.05, 4.69) is 35.4 Å². The van der Waals surface area contributed by atoms with Gasteiger partial charge in [-0.25, -0.2) is 4.68 Å². The molecular formula is C23H24N4O. The van der Waals surface area contributed by atoms with Gasteiger partial charge in [0.1, 0.15) is 11.3 Å². The van der Waals surface area contributed by atoms with Crippen molar-refractivity contribution in [3.05, 3.63) is 72.4 Å². The van der Waals surface area contributed by atoms with Crippen molar-refractivity contribution in [2.45, 2.75) is 13.0 Å². The van der Waals surface area contributed by atoms with Crippen LogP contribution in [0.2, 0.25) is 0 Å². The first kappa shape index (κ1) is 17.2. The second-order valence-electron chi connectivity index (χ2n) is 7.56. The first-order chi connectivity index (χ1) is 13.8. The van der Waals surface area contributed by atoms with Crippen LogP contribution >= 0.6 is 0 Å². The molecule has 5 rings (SSSR count). The molecule has 1 unspecified atom stereocenters. The van der Waals surface area contributed by atoms with Gasteiger partial charge in [0.05, 0.1) is 5.69 Å². The van der Waals surface area contributed by atoms with Crippen LogP contribution in [0.4, 0.5) is 0 Å². The summed E-state index contributed by atoms with van der Waals surface area (Å²) in [4.78, 5) is 2.47. The van der Waals surface area contributed by atoms with Gasteiger partial charge in [-0.2, -0.15) is 5.10 Å². The highest BCUT2D eigenvalue weighted by Gasteiger charge is 2.24. The molecule has 0 saturated carbocycles. The van der Waals surface area contributed by atoms with Crippen LogP contribution in [0.5, 0.6) is 0 Å². The van der Waals surface area contributed by atoms with Gasteiger partial charge in [0.25, 0.3) is 0 Å². The molecule has 0 amide bonds. The zero-order valence-corrected chi connectivity index (χ0v) is 15.8. The minimum atomic E-state index is 0.596. The normalized spacial score (nSPS) is 17.5. The van der Waals surface area contributed by atoms with E-state index in [9.17, 15) is 0 Å². The van der Waals surface area contributed by atoms with Crippen molar-refractivity contribution in [3.8, 4) is 17.1 Å². The second kappa shape index (κ2) is 7.26. The molecule has 2 aromatic carbocycles. The molecule has 1 aliphatic rings. The number of rotatable bonds is 5. The van der Waals surface area contributed by atoms with Crippen molar-refractivity contribution >= 4 is 11.0 Å². The van der Waals surface area contributed by atoms with E-state index in [0.29, 0.717) is 5.92 Å². The summed E-state index contributed by atoms with van der Waals surface area (Å²) >= 11 is 0. The second-order valence-corrected chi connectivity index (χ2v) is 7.56. The van der Waals surface area contributed by atoms with Crippen LogP contribution in [-0.4, -0.2) is 34.3 Å². The summed E-state index contributed by atoms with van der Waals surface area (Å²) < 4.78 is 8.09. The van der Waals surface area contributed by atoms with Crippen LogP contribution in [0.25, 0.3) is 28.1 Å². The maximum absolute atomic E-state index is 6.14. The Kier molecular flexibility index (Phi) is 4.47. The third-order valence-electron chi connectivity index (χ3n) is 5.57. The number of furan rings is 1. The SMILES string of the molecule is NCC1CCN(Cc2cn(-c3ccccc3)nc2-c2cc3ccccc3o2)C1. The van der Waals surface area contributed by atoms with Gasteiger partial charge in [-0.15, -0.1) is 0 Å². The highest BCUT2D eigenvalue weighted by Crippen LogP contribution is 2.31. The zero-order valence-electron chi connectivity index (χ0n) is 15.8. The van der Waals surface area contributed by atoms with Gasteiger partial charge in [-0.1, -0.05) is 36.4 Å². The first-order valence-electron chi connectivity index (χ1n) is 9.85. The maximum atomic E-state index is 6.14. The molecule has 0 radical (unpaired) electrons. The van der Waals surface area contributed by atoms with Crippen LogP contribution < -0.4 is 5.73 Å². The van der Waals surface area contributed by atoms with Crippen molar-refractivity contribution < 1.29 is 4.42 Å². The Hall–Kier alpha value is -2.89. The molecule has 2 N–H and O–H groups in total. The zero-order chi connectivity index (χ0) is 18.9. The third kappa shape index (κ3) is 3.23. The number of aromatic nitrogens is 2. The van der Waals surface area contributed by atoms with Gasteiger partial charge in [0, 0.05) is 30.2 Å². The molecule has 142 valence electrons. The van der Waals surface area contributed by atoms with Crippen LogP contribution in [0.15, 0.2) is 71.3 Å². The average Bonchev–Trinajstić information content (AvgIpc) is 3.46. The van der Waals surface area contributed by atoms with Crippen LogP contribution in [0.3, 0.4) is 0 Å². The summed E-state index contributed by atoms with van der Waals surface area (Å²) in [5, 5.41) is 6.00. The summed E-state index contributed by atoms with van der Waals surface area (Å²) in [5.74, 6) is 1.42. The van der Waals surface area contributed by atoms with E-state index in [1.54, 1.807) is 0 Å². The number of nitrogens with zero attached hydrogens (tertiary/aromatic N) is 3. The Morgan fingerprint density at radius 1 is 1.07 bits per heavy atom. The van der Waals surface area contributed by atoms with Gasteiger partial charge in [-0.05, 0) is 49.7 Å². The Morgan fingerprint density at radius 3 is 2.68 bits per heavy atom. The highest BCUT2D eigenvalue weighted by molar-refractivity contribution is 5.82. The maximum Gasteiger partial charge on any atom is 0.156 e. The van der Waals surface area contributed by atoms with Crippen LogP contribution in [-0.2, 0) is 6.54 Å². The standard InChI is InChI=1S/C23H24N4O/c24-13-17-10-11-26(14-17)15-19-16-27(20-7-2-1-3-8-20)25-23(19)22-12-18-6-4-5-9-21(18)28-22/h1-9,12,16-17H,10-11,13-15,24H2. The molecule has 1 aliphatic heterocycles. The van der Waals surface area contributed by atoms with E-state index in [4.69, 9.17) is 15.2 Å². The molecule has 3 heterocycles. The van der Waals surface area contributed by atoms with Gasteiger partial charge in [0.15, 0.2) is 5.76 Å². The molecular weight excluding hydrogens is 348 g/mol. The number of hydrogen-bond acceptors (Lipinski definition) is 4. The Balaban J connectivity index is 1.54. The Bertz CT molecular complexity index is 1050. The fourth-order valence-electron chi connectivity index (χ4n) is 4.03. The predicted molar refractivity (Wildman–Crippen MR) is 111 cm³/mol. The Labute approximate surface area is 164 Å². The average molecular weight is 372 g/mol. The minimum Gasteiger partial charge on any atom is -0.454 e. The van der Waals surface area contributed by atoms with Crippen molar-refractivity contribution in [1.82, 2.24) is 14.7 Å². The van der Waals surface area contributed by atoms with E-state index < -0.39 is 0 Å². The summed E-state index contributed by atoms with van der Waals surface area (Å²) in [6.45, 7) is 3.75. The summed E-state index contributed by atoms with van der Waals surface area (Å²) in [5.41, 5.74) is 9.91. The molecule has 1 fully saturated rings. The van der Waals surface area contributed by atoms with E-state index in [1.165, 1.54) is 12.0 Å². The molecule has 0 spiro atoms. The van der Waals surface area contributed by atoms with Crippen LogP contribution in [0, 0.1) is 5.92 Å². The number of likely N-dealkylation sites (tertiary alicyclic amines) is 1. The van der Waals surface area contributed by atoms with Crippen molar-refractivity contribution in [3.63, 3.8) is 0 Å². The third-order valence-corrected chi connectivity index (χ3v) is 5.57. The number of hydrogen-bond donors (Lipinski definition) is 1. The number of benzene rings is 2. The number of nitrogens with two attached hydrogens (primary N) is 1. The smallest absolute Gasteiger partial charge is 0.156 e. The number of fused-ring (bicyclic) bond motifs is 1. The van der Waals surface area contributed by atoms with E-state index in [1.807, 2.05) is 41.1 Å². The first-order valence-corrected chi connectivity index (χ1v) is 9.85. The topological polar surface area (TPSA) is 60.2 Å². The fourth-order valence-corrected chi connectivity index (χ4v) is 4.03. The fraction of sp³-hybridized carbons (Fsp3) is 0.261. The lowest BCUT2D eigenvalue weighted by Crippen LogP contribution is -2.22. The molecule has 2 aromatic heterocycles. The van der Waals surface area contributed by atoms with Gasteiger partial charge >= 0.3 is 0 Å². The monoisotopic (exact) mass is 372 g/mol. The van der Waals surface area contributed by atoms with Crippen molar-refractivity contribution in [1.29, 1.82) is 0 Å². The largest absolute Gasteiger partial charge is 0.454 e. The van der Waals surface area contributed by atoms with E-state index in [0.717, 1.165) is 54.3 Å². The molecule has 5 heteroatoms. The predicted octanol–water partition coefficient (Wildman–Crippen LogP) is 4.07. The highest BCUT2D eigenvalue weighted by atomic mass is 16.3. The van der Waals surface area contributed by atoms with Crippen molar-refractivity contribution in [2.75, 3.05) is 19.6 Å². The summed E-state index contributed by atoms with van der Waals surface area (Å²) in [6.07, 6.45) is 3.30. The lowest BCUT2D eigenvalue weighted by molar-refractivity contribution is 0.318. The molecule has 0 bridgehead atoms. The molecule has 1 saturated heterocycles. The number of para-hydroxylation sites is 2. The van der Waals surface area contributed by atoms with Crippen LogP contribution in [0.1, 0.15) is 12.0 Å². The Morgan fingerprint density at radius 2 is 1.89 bits per heavy atom. The van der Waals surface area contributed by atoms with Gasteiger partial charge in [-0.3, -0.25) is 4.90 Å². The van der Waals surface area contributed by atoms with E-state index >= 15 is 0 Å². The summed E-state index contributed by atoms with van der Waals surface area (Å²) in [6, 6.07) is 20.4. The molecule has 1 atom stereocenters. The minimum absolute atomic E-state index is 0.596. The molecule has 0 aliphatic carbocycles. The lowest BCUT2D eigenvalue weighted by Gasteiger charge is -2.15. The van der Waals surface area contributed by atoms with E-state index in [-0.39, 0.29) is 0 Å². The molecule has 28 heavy (non-hydrogen) atoms. The molecule has 5 nitrogen and oxygen atoms in total. The lowest BCUT2D eigenvalue weighted by atomic mass is 10.1. The molecule has 4 aromatic rings. The summed E-state index contributed by atoms with van der Waals surface area (Å²) in [7, 11) is 0. The van der Waals surface area contributed by atoms with Crippen molar-refractivity contribution in [2.24, 2.45) is 11.7 Å². The van der Waals surface area contributed by atoms with Gasteiger partial charge < -0.3 is 10.2 Å². The van der Waals surface area contributed by atoms with Gasteiger partial charge in [0.2, 0.25) is 0 Å².